The van der Waals surface area contributed by atoms with Gasteiger partial charge in [0.25, 0.3) is 0 Å². The van der Waals surface area contributed by atoms with Gasteiger partial charge in [-0.05, 0) is 31.5 Å². The Bertz CT molecular complexity index is 500. The number of hydrogen-bond donors (Lipinski definition) is 1. The van der Waals surface area contributed by atoms with E-state index in [1.54, 1.807) is 6.20 Å². The lowest BCUT2D eigenvalue weighted by Crippen LogP contribution is -2.12. The van der Waals surface area contributed by atoms with Crippen LogP contribution in [0.4, 0.5) is 0 Å². The maximum atomic E-state index is 5.50. The normalized spacial score (nSPS) is 11.5. The highest BCUT2D eigenvalue weighted by Gasteiger charge is 2.21. The van der Waals surface area contributed by atoms with Crippen LogP contribution in [0.3, 0.4) is 0 Å². The highest BCUT2D eigenvalue weighted by Crippen LogP contribution is 2.28. The van der Waals surface area contributed by atoms with Gasteiger partial charge >= 0.3 is 0 Å². The summed E-state index contributed by atoms with van der Waals surface area (Å²) in [6.45, 7) is 4.06. The zero-order chi connectivity index (χ0) is 10.2. The molecule has 0 saturated carbocycles. The van der Waals surface area contributed by atoms with Crippen LogP contribution in [0.25, 0.3) is 11.0 Å². The van der Waals surface area contributed by atoms with Crippen LogP contribution in [0.5, 0.6) is 0 Å². The third-order valence-corrected chi connectivity index (χ3v) is 2.49. The molecule has 1 N–H and O–H groups in total. The molecule has 0 aliphatic carbocycles. The molecule has 0 saturated heterocycles. The van der Waals surface area contributed by atoms with E-state index in [2.05, 4.69) is 15.9 Å². The molecule has 0 aliphatic rings. The van der Waals surface area contributed by atoms with Crippen LogP contribution in [-0.2, 0) is 5.41 Å². The zero-order valence-electron chi connectivity index (χ0n) is 8.33. The van der Waals surface area contributed by atoms with Gasteiger partial charge < -0.3 is 4.98 Å². The fourth-order valence-electron chi connectivity index (χ4n) is 1.55. The lowest BCUT2D eigenvalue weighted by atomic mass is 9.86. The smallest absolute Gasteiger partial charge is 0.137 e. The Morgan fingerprint density at radius 1 is 1.50 bits per heavy atom. The van der Waals surface area contributed by atoms with Gasteiger partial charge in [-0.1, -0.05) is 5.92 Å². The number of rotatable bonds is 1. The van der Waals surface area contributed by atoms with Gasteiger partial charge in [-0.3, -0.25) is 0 Å². The first-order valence-electron chi connectivity index (χ1n) is 4.55. The second-order valence-electron chi connectivity index (χ2n) is 3.87. The van der Waals surface area contributed by atoms with E-state index in [1.807, 2.05) is 32.2 Å². The molecule has 2 aromatic heterocycles. The fraction of sp³-hybridized carbons (Fsp3) is 0.250. The van der Waals surface area contributed by atoms with E-state index in [4.69, 9.17) is 6.42 Å². The SMILES string of the molecule is C#CC(C)(C)c1c[nH]c2ncccc12. The lowest BCUT2D eigenvalue weighted by molar-refractivity contribution is 0.706. The summed E-state index contributed by atoms with van der Waals surface area (Å²) in [6.07, 6.45) is 9.22. The monoisotopic (exact) mass is 184 g/mol. The summed E-state index contributed by atoms with van der Waals surface area (Å²) in [5, 5.41) is 1.11. The van der Waals surface area contributed by atoms with Crippen molar-refractivity contribution in [2.24, 2.45) is 0 Å². The molecule has 0 fully saturated rings. The molecule has 0 radical (unpaired) electrons. The maximum Gasteiger partial charge on any atom is 0.137 e. The first kappa shape index (κ1) is 8.83. The number of aromatic nitrogens is 2. The average Bonchev–Trinajstić information content (AvgIpc) is 2.61. The molecule has 14 heavy (non-hydrogen) atoms. The van der Waals surface area contributed by atoms with Gasteiger partial charge in [-0.2, -0.15) is 0 Å². The van der Waals surface area contributed by atoms with E-state index in [1.165, 1.54) is 0 Å². The first-order chi connectivity index (χ1) is 6.65. The lowest BCUT2D eigenvalue weighted by Gasteiger charge is -2.15. The summed E-state index contributed by atoms with van der Waals surface area (Å²) in [6, 6.07) is 3.96. The highest BCUT2D eigenvalue weighted by atomic mass is 14.8. The number of hydrogen-bond acceptors (Lipinski definition) is 1. The van der Waals surface area contributed by atoms with Crippen molar-refractivity contribution in [1.82, 2.24) is 9.97 Å². The van der Waals surface area contributed by atoms with E-state index < -0.39 is 0 Å². The second kappa shape index (κ2) is 2.88. The number of H-pyrrole nitrogens is 1. The standard InChI is InChI=1S/C12H12N2/c1-4-12(2,3)10-8-14-11-9(10)6-5-7-13-11/h1,5-8H,2-3H3,(H,13,14). The van der Waals surface area contributed by atoms with Crippen LogP contribution in [0.15, 0.2) is 24.5 Å². The van der Waals surface area contributed by atoms with E-state index in [0.29, 0.717) is 0 Å². The molecule has 0 bridgehead atoms. The Morgan fingerprint density at radius 3 is 3.00 bits per heavy atom. The number of aromatic amines is 1. The number of nitrogens with zero attached hydrogens (tertiary/aromatic N) is 1. The van der Waals surface area contributed by atoms with E-state index >= 15 is 0 Å². The molecule has 0 amide bonds. The van der Waals surface area contributed by atoms with E-state index in [0.717, 1.165) is 16.6 Å². The molecular weight excluding hydrogens is 172 g/mol. The molecule has 0 unspecified atom stereocenters. The Kier molecular flexibility index (Phi) is 1.82. The fourth-order valence-corrected chi connectivity index (χ4v) is 1.55. The summed E-state index contributed by atoms with van der Waals surface area (Å²) >= 11 is 0. The van der Waals surface area contributed by atoms with Gasteiger partial charge in [-0.15, -0.1) is 6.42 Å². The van der Waals surface area contributed by atoms with Crippen molar-refractivity contribution in [2.45, 2.75) is 19.3 Å². The number of terminal acetylenes is 1. The van der Waals surface area contributed by atoms with Crippen LogP contribution < -0.4 is 0 Å². The predicted octanol–water partition coefficient (Wildman–Crippen LogP) is 2.47. The Hall–Kier alpha value is -1.75. The van der Waals surface area contributed by atoms with Gasteiger partial charge in [0.1, 0.15) is 5.65 Å². The van der Waals surface area contributed by atoms with Crippen LogP contribution in [-0.4, -0.2) is 9.97 Å². The molecule has 2 heterocycles. The third kappa shape index (κ3) is 1.18. The largest absolute Gasteiger partial charge is 0.346 e. The molecule has 0 spiro atoms. The molecule has 2 aromatic rings. The van der Waals surface area contributed by atoms with Crippen molar-refractivity contribution in [2.75, 3.05) is 0 Å². The molecule has 70 valence electrons. The van der Waals surface area contributed by atoms with Crippen molar-refractivity contribution >= 4 is 11.0 Å². The van der Waals surface area contributed by atoms with Gasteiger partial charge in [0, 0.05) is 17.8 Å². The van der Waals surface area contributed by atoms with Gasteiger partial charge in [0.2, 0.25) is 0 Å². The van der Waals surface area contributed by atoms with E-state index in [-0.39, 0.29) is 5.41 Å². The van der Waals surface area contributed by atoms with Gasteiger partial charge in [0.05, 0.1) is 5.41 Å². The molecule has 0 aliphatic heterocycles. The van der Waals surface area contributed by atoms with Crippen molar-refractivity contribution < 1.29 is 0 Å². The third-order valence-electron chi connectivity index (χ3n) is 2.49. The molecule has 2 heteroatoms. The summed E-state index contributed by atoms with van der Waals surface area (Å²) in [4.78, 5) is 7.35. The number of pyridine rings is 1. The topological polar surface area (TPSA) is 28.7 Å². The van der Waals surface area contributed by atoms with Crippen molar-refractivity contribution in [3.05, 3.63) is 30.1 Å². The minimum absolute atomic E-state index is 0.249. The van der Waals surface area contributed by atoms with Crippen LogP contribution in [0, 0.1) is 12.3 Å². The average molecular weight is 184 g/mol. The molecule has 2 rings (SSSR count). The summed E-state index contributed by atoms with van der Waals surface area (Å²) in [7, 11) is 0. The quantitative estimate of drug-likeness (QED) is 0.678. The molecule has 0 atom stereocenters. The first-order valence-corrected chi connectivity index (χ1v) is 4.55. The zero-order valence-corrected chi connectivity index (χ0v) is 8.33. The minimum Gasteiger partial charge on any atom is -0.346 e. The highest BCUT2D eigenvalue weighted by molar-refractivity contribution is 5.81. The van der Waals surface area contributed by atoms with Gasteiger partial charge in [0.15, 0.2) is 0 Å². The summed E-state index contributed by atoms with van der Waals surface area (Å²) in [5.74, 6) is 2.79. The van der Waals surface area contributed by atoms with Crippen molar-refractivity contribution in [3.8, 4) is 12.3 Å². The van der Waals surface area contributed by atoms with Crippen LogP contribution in [0.2, 0.25) is 0 Å². The second-order valence-corrected chi connectivity index (χ2v) is 3.87. The Balaban J connectivity index is 2.72. The Labute approximate surface area is 83.4 Å². The number of fused-ring (bicyclic) bond motifs is 1. The minimum atomic E-state index is -0.249. The van der Waals surface area contributed by atoms with E-state index in [9.17, 15) is 0 Å². The van der Waals surface area contributed by atoms with Gasteiger partial charge in [-0.25, -0.2) is 4.98 Å². The maximum absolute atomic E-state index is 5.50. The summed E-state index contributed by atoms with van der Waals surface area (Å²) in [5.41, 5.74) is 1.77. The summed E-state index contributed by atoms with van der Waals surface area (Å²) < 4.78 is 0. The molecule has 0 aromatic carbocycles. The number of nitrogens with one attached hydrogen (secondary N) is 1. The van der Waals surface area contributed by atoms with Crippen molar-refractivity contribution in [1.29, 1.82) is 0 Å². The predicted molar refractivity (Wildman–Crippen MR) is 58.0 cm³/mol. The molecular formula is C12H12N2. The van der Waals surface area contributed by atoms with Crippen molar-refractivity contribution in [3.63, 3.8) is 0 Å². The van der Waals surface area contributed by atoms with Crippen LogP contribution >= 0.6 is 0 Å². The van der Waals surface area contributed by atoms with Crippen LogP contribution in [0.1, 0.15) is 19.4 Å². The Morgan fingerprint density at radius 2 is 2.29 bits per heavy atom. The molecule has 2 nitrogen and oxygen atoms in total.